The molecule has 1 unspecified atom stereocenters. The summed E-state index contributed by atoms with van der Waals surface area (Å²) < 4.78 is 10.9. The summed E-state index contributed by atoms with van der Waals surface area (Å²) in [6, 6.07) is 2.00. The van der Waals surface area contributed by atoms with Crippen molar-refractivity contribution in [3.05, 3.63) is 27.8 Å². The van der Waals surface area contributed by atoms with Crippen molar-refractivity contribution in [2.45, 2.75) is 38.1 Å². The van der Waals surface area contributed by atoms with Crippen molar-refractivity contribution < 1.29 is 24.0 Å². The van der Waals surface area contributed by atoms with Gasteiger partial charge in [0, 0.05) is 17.9 Å². The smallest absolute Gasteiger partial charge is 0.286 e. The quantitative estimate of drug-likeness (QED) is 0.181. The number of carbonyl (C=O) groups is 2. The number of nitro benzene ring substituents is 1. The third-order valence-electron chi connectivity index (χ3n) is 4.46. The van der Waals surface area contributed by atoms with Crippen LogP contribution in [0.3, 0.4) is 0 Å². The Kier molecular flexibility index (Phi) is 8.02. The van der Waals surface area contributed by atoms with Crippen LogP contribution in [0.25, 0.3) is 0 Å². The first kappa shape index (κ1) is 21.1. The maximum atomic E-state index is 12.8. The van der Waals surface area contributed by atoms with Crippen LogP contribution in [0.15, 0.2) is 12.1 Å². The Bertz CT molecular complexity index is 697. The van der Waals surface area contributed by atoms with E-state index in [1.165, 1.54) is 24.1 Å². The summed E-state index contributed by atoms with van der Waals surface area (Å²) in [5.41, 5.74) is -0.454. The highest BCUT2D eigenvalue weighted by Gasteiger charge is 2.34. The monoisotopic (exact) mass is 442 g/mol. The molecule has 1 amide bonds. The third-order valence-corrected chi connectivity index (χ3v) is 5.02. The van der Waals surface area contributed by atoms with E-state index in [1.807, 2.05) is 0 Å². The van der Waals surface area contributed by atoms with Crippen LogP contribution in [0, 0.1) is 10.1 Å². The van der Waals surface area contributed by atoms with Gasteiger partial charge >= 0.3 is 0 Å². The zero-order chi connectivity index (χ0) is 19.8. The maximum absolute atomic E-state index is 12.8. The van der Waals surface area contributed by atoms with Gasteiger partial charge < -0.3 is 19.2 Å². The van der Waals surface area contributed by atoms with Crippen LogP contribution in [0.1, 0.15) is 42.5 Å². The van der Waals surface area contributed by atoms with Gasteiger partial charge in [-0.3, -0.25) is 14.9 Å². The van der Waals surface area contributed by atoms with Gasteiger partial charge in [0.2, 0.25) is 0 Å². The Morgan fingerprint density at radius 1 is 1.37 bits per heavy atom. The standard InChI is InChI=1S/C18H23BrN2O6/c1-26-16-10-14(18(23)20-8-5-6-13(20)12-22)15(21(24)25)11-17(16)27-9-4-2-3-7-19/h10-13H,2-9H2,1H3. The minimum Gasteiger partial charge on any atom is -0.493 e. The minimum absolute atomic E-state index is 0.0998. The highest BCUT2D eigenvalue weighted by molar-refractivity contribution is 9.09. The van der Waals surface area contributed by atoms with E-state index in [0.717, 1.165) is 24.6 Å². The van der Waals surface area contributed by atoms with Crippen molar-refractivity contribution in [2.75, 3.05) is 25.6 Å². The second-order valence-corrected chi connectivity index (χ2v) is 7.01. The van der Waals surface area contributed by atoms with Gasteiger partial charge in [0.05, 0.1) is 30.7 Å². The van der Waals surface area contributed by atoms with Crippen molar-refractivity contribution in [1.82, 2.24) is 4.90 Å². The Labute approximate surface area is 166 Å². The van der Waals surface area contributed by atoms with Crippen LogP contribution in [0.2, 0.25) is 0 Å². The number of amides is 1. The molecule has 1 fully saturated rings. The van der Waals surface area contributed by atoms with Crippen molar-refractivity contribution in [3.8, 4) is 11.5 Å². The average Bonchev–Trinajstić information content (AvgIpc) is 3.15. The number of alkyl halides is 1. The fraction of sp³-hybridized carbons (Fsp3) is 0.556. The topological polar surface area (TPSA) is 99.0 Å². The van der Waals surface area contributed by atoms with Gasteiger partial charge in [0.15, 0.2) is 11.5 Å². The minimum atomic E-state index is -0.615. The molecule has 0 aliphatic carbocycles. The van der Waals surface area contributed by atoms with Gasteiger partial charge in [-0.15, -0.1) is 0 Å². The number of hydrogen-bond acceptors (Lipinski definition) is 6. The molecule has 8 nitrogen and oxygen atoms in total. The Hall–Kier alpha value is -2.16. The molecule has 0 spiro atoms. The summed E-state index contributed by atoms with van der Waals surface area (Å²) in [7, 11) is 1.41. The van der Waals surface area contributed by atoms with Crippen molar-refractivity contribution in [3.63, 3.8) is 0 Å². The van der Waals surface area contributed by atoms with Crippen LogP contribution in [-0.2, 0) is 4.79 Å². The molecule has 0 N–H and O–H groups in total. The molecule has 27 heavy (non-hydrogen) atoms. The molecule has 1 saturated heterocycles. The van der Waals surface area contributed by atoms with E-state index in [2.05, 4.69) is 15.9 Å². The SMILES string of the molecule is COc1cc(C(=O)N2CCCC2C=O)c([N+](=O)[O-])cc1OCCCCCBr. The zero-order valence-corrected chi connectivity index (χ0v) is 16.8. The number of likely N-dealkylation sites (tertiary alicyclic amines) is 1. The number of carbonyl (C=O) groups excluding carboxylic acids is 2. The molecule has 0 saturated carbocycles. The molecule has 1 aliphatic rings. The van der Waals surface area contributed by atoms with Crippen LogP contribution >= 0.6 is 15.9 Å². The molecule has 0 aromatic heterocycles. The third kappa shape index (κ3) is 5.18. The molecular formula is C18H23BrN2O6. The highest BCUT2D eigenvalue weighted by Crippen LogP contribution is 2.36. The van der Waals surface area contributed by atoms with E-state index in [4.69, 9.17) is 9.47 Å². The average molecular weight is 443 g/mol. The molecule has 1 aliphatic heterocycles. The summed E-state index contributed by atoms with van der Waals surface area (Å²) in [5, 5.41) is 12.4. The predicted octanol–water partition coefficient (Wildman–Crippen LogP) is 3.35. The maximum Gasteiger partial charge on any atom is 0.286 e. The zero-order valence-electron chi connectivity index (χ0n) is 15.2. The van der Waals surface area contributed by atoms with E-state index in [-0.39, 0.29) is 22.7 Å². The first-order valence-corrected chi connectivity index (χ1v) is 9.97. The van der Waals surface area contributed by atoms with Crippen molar-refractivity contribution >= 4 is 33.8 Å². The summed E-state index contributed by atoms with van der Waals surface area (Å²) >= 11 is 3.36. The second-order valence-electron chi connectivity index (χ2n) is 6.22. The van der Waals surface area contributed by atoms with E-state index >= 15 is 0 Å². The van der Waals surface area contributed by atoms with Gasteiger partial charge in [0.1, 0.15) is 11.8 Å². The molecule has 1 atom stereocenters. The van der Waals surface area contributed by atoms with Gasteiger partial charge in [-0.25, -0.2) is 0 Å². The number of nitrogens with zero attached hydrogens (tertiary/aromatic N) is 2. The molecule has 9 heteroatoms. The lowest BCUT2D eigenvalue weighted by atomic mass is 10.1. The molecule has 2 rings (SSSR count). The number of nitro groups is 1. The first-order chi connectivity index (χ1) is 13.0. The fourth-order valence-electron chi connectivity index (χ4n) is 3.04. The number of hydrogen-bond donors (Lipinski definition) is 0. The van der Waals surface area contributed by atoms with Gasteiger partial charge in [-0.2, -0.15) is 0 Å². The largest absolute Gasteiger partial charge is 0.493 e. The highest BCUT2D eigenvalue weighted by atomic mass is 79.9. The summed E-state index contributed by atoms with van der Waals surface area (Å²) in [6.07, 6.45) is 4.75. The van der Waals surface area contributed by atoms with Crippen LogP contribution < -0.4 is 9.47 Å². The van der Waals surface area contributed by atoms with E-state index < -0.39 is 16.9 Å². The second kappa shape index (κ2) is 10.2. The van der Waals surface area contributed by atoms with E-state index in [1.54, 1.807) is 0 Å². The molecule has 0 radical (unpaired) electrons. The Morgan fingerprint density at radius 3 is 2.78 bits per heavy atom. The normalized spacial score (nSPS) is 16.2. The van der Waals surface area contributed by atoms with Gasteiger partial charge in [-0.05, 0) is 32.1 Å². The number of ether oxygens (including phenoxy) is 2. The first-order valence-electron chi connectivity index (χ1n) is 8.85. The lowest BCUT2D eigenvalue weighted by Crippen LogP contribution is -2.36. The van der Waals surface area contributed by atoms with Gasteiger partial charge in [-0.1, -0.05) is 15.9 Å². The van der Waals surface area contributed by atoms with Crippen LogP contribution in [-0.4, -0.2) is 53.6 Å². The number of aldehydes is 1. The number of halogens is 1. The molecule has 1 aromatic carbocycles. The lowest BCUT2D eigenvalue weighted by Gasteiger charge is -2.21. The molecule has 148 valence electrons. The van der Waals surface area contributed by atoms with E-state index in [9.17, 15) is 19.7 Å². The van der Waals surface area contributed by atoms with Crippen LogP contribution in [0.5, 0.6) is 11.5 Å². The van der Waals surface area contributed by atoms with Crippen molar-refractivity contribution in [1.29, 1.82) is 0 Å². The number of unbranched alkanes of at least 4 members (excludes halogenated alkanes) is 2. The molecule has 0 bridgehead atoms. The lowest BCUT2D eigenvalue weighted by molar-refractivity contribution is -0.385. The Morgan fingerprint density at radius 2 is 2.15 bits per heavy atom. The summed E-state index contributed by atoms with van der Waals surface area (Å²) in [5.74, 6) is -0.0577. The Balaban J connectivity index is 2.28. The molecular weight excluding hydrogens is 420 g/mol. The van der Waals surface area contributed by atoms with Crippen molar-refractivity contribution in [2.24, 2.45) is 0 Å². The van der Waals surface area contributed by atoms with Crippen LogP contribution in [0.4, 0.5) is 5.69 Å². The van der Waals surface area contributed by atoms with Gasteiger partial charge in [0.25, 0.3) is 11.6 Å². The molecule has 1 heterocycles. The summed E-state index contributed by atoms with van der Waals surface area (Å²) in [4.78, 5) is 36.3. The van der Waals surface area contributed by atoms with E-state index in [0.29, 0.717) is 32.3 Å². The number of rotatable bonds is 10. The fourth-order valence-corrected chi connectivity index (χ4v) is 3.44. The predicted molar refractivity (Wildman–Crippen MR) is 103 cm³/mol. The number of methoxy groups -OCH3 is 1. The number of benzene rings is 1. The molecule has 1 aromatic rings. The summed E-state index contributed by atoms with van der Waals surface area (Å²) in [6.45, 7) is 0.792.